The van der Waals surface area contributed by atoms with E-state index < -0.39 is 8.07 Å². The second kappa shape index (κ2) is 16.3. The van der Waals surface area contributed by atoms with Crippen LogP contribution in [-0.2, 0) is 6.42 Å². The van der Waals surface area contributed by atoms with Crippen LogP contribution in [0.4, 0.5) is 34.1 Å². The summed E-state index contributed by atoms with van der Waals surface area (Å²) in [6.45, 7) is 0.0222. The van der Waals surface area contributed by atoms with Gasteiger partial charge in [0.1, 0.15) is 0 Å². The molecule has 0 atom stereocenters. The van der Waals surface area contributed by atoms with Gasteiger partial charge in [-0.1, -0.05) is 207 Å². The minimum absolute atomic E-state index is 0.0222. The van der Waals surface area contributed by atoms with E-state index in [4.69, 9.17) is 0 Å². The summed E-state index contributed by atoms with van der Waals surface area (Å²) in [5.74, 6) is 0.509. The third-order valence-corrected chi connectivity index (χ3v) is 20.9. The Kier molecular flexibility index (Phi) is 9.75. The highest BCUT2D eigenvalue weighted by molar-refractivity contribution is 7.99. The van der Waals surface area contributed by atoms with Crippen molar-refractivity contribution < 1.29 is 0 Å². The van der Waals surface area contributed by atoms with Crippen molar-refractivity contribution in [2.24, 2.45) is 0 Å². The summed E-state index contributed by atoms with van der Waals surface area (Å²) in [4.78, 5) is 7.97. The van der Waals surface area contributed by atoms with Crippen molar-refractivity contribution in [2.45, 2.75) is 54.2 Å². The molecule has 0 radical (unpaired) electrons. The molecule has 3 heterocycles. The highest BCUT2D eigenvalue weighted by Crippen LogP contribution is 2.50. The zero-order chi connectivity index (χ0) is 43.6. The zero-order valence-electron chi connectivity index (χ0n) is 37.0. The van der Waals surface area contributed by atoms with E-state index in [1.807, 2.05) is 11.8 Å². The topological polar surface area (TPSA) is 6.48 Å². The predicted molar refractivity (Wildman–Crippen MR) is 283 cm³/mol. The van der Waals surface area contributed by atoms with Gasteiger partial charge in [-0.15, -0.1) is 0 Å². The molecule has 4 aliphatic rings. The van der Waals surface area contributed by atoms with Crippen molar-refractivity contribution in [3.63, 3.8) is 0 Å². The molecular weight excluding hydrogens is 832 g/mol. The predicted octanol–water partition coefficient (Wildman–Crippen LogP) is 11.2. The first-order valence-electron chi connectivity index (χ1n) is 23.9. The molecule has 9 aromatic carbocycles. The van der Waals surface area contributed by atoms with E-state index in [1.54, 1.807) is 0 Å². The molecule has 3 aliphatic heterocycles. The normalized spacial score (nSPS) is 15.4. The average Bonchev–Trinajstić information content (AvgIpc) is 3.39. The Bertz CT molecular complexity index is 3220. The number of nitrogens with zero attached hydrogens (tertiary/aromatic N) is 2. The lowest BCUT2D eigenvalue weighted by atomic mass is 9.33. The Balaban J connectivity index is 1.15. The maximum absolute atomic E-state index is 2.86. The van der Waals surface area contributed by atoms with Gasteiger partial charge in [0.25, 0.3) is 6.71 Å². The fourth-order valence-electron chi connectivity index (χ4n) is 12.2. The summed E-state index contributed by atoms with van der Waals surface area (Å²) >= 11 is 1.89. The van der Waals surface area contributed by atoms with E-state index in [0.29, 0.717) is 5.92 Å². The maximum atomic E-state index is 2.74. The quantitative estimate of drug-likeness (QED) is 0.140. The molecule has 316 valence electrons. The van der Waals surface area contributed by atoms with Crippen LogP contribution < -0.4 is 46.9 Å². The average molecular weight is 881 g/mol. The van der Waals surface area contributed by atoms with Crippen LogP contribution in [0.15, 0.2) is 228 Å². The van der Waals surface area contributed by atoms with Crippen LogP contribution in [0.5, 0.6) is 0 Å². The van der Waals surface area contributed by atoms with Gasteiger partial charge >= 0.3 is 0 Å². The highest BCUT2D eigenvalue weighted by Gasteiger charge is 2.53. The Hall–Kier alpha value is -6.79. The molecule has 1 saturated carbocycles. The lowest BCUT2D eigenvalue weighted by Crippen LogP contribution is -2.79. The van der Waals surface area contributed by atoms with Crippen molar-refractivity contribution in [1.82, 2.24) is 0 Å². The minimum Gasteiger partial charge on any atom is -0.312 e. The van der Waals surface area contributed by atoms with Crippen LogP contribution in [-0.4, -0.2) is 14.8 Å². The van der Waals surface area contributed by atoms with E-state index in [2.05, 4.69) is 228 Å². The van der Waals surface area contributed by atoms with Gasteiger partial charge in [0.2, 0.25) is 0 Å². The molecule has 0 amide bonds. The second-order valence-corrected chi connectivity index (χ2v) is 23.4. The van der Waals surface area contributed by atoms with Gasteiger partial charge < -0.3 is 9.80 Å². The van der Waals surface area contributed by atoms with Gasteiger partial charge in [-0.3, -0.25) is 0 Å². The smallest absolute Gasteiger partial charge is 0.252 e. The molecule has 0 saturated heterocycles. The fourth-order valence-corrected chi connectivity index (χ4v) is 18.4. The summed E-state index contributed by atoms with van der Waals surface area (Å²) < 4.78 is 0. The van der Waals surface area contributed by atoms with E-state index in [0.717, 1.165) is 6.42 Å². The van der Waals surface area contributed by atoms with Crippen molar-refractivity contribution in [1.29, 1.82) is 0 Å². The standard InChI is InChI=1S/C61H49BN2SSi/c1-6-22-43(23-7-1)40-45-26-16-17-35-52(45)63-54-41-46(44-24-8-2-9-25-44)42-55-59(54)62(50-33-20-37-56(60(50)63)65-47-27-10-3-11-28-47)51-34-21-39-58-61(51)64(55)53-36-18-19-38-57(53)66(58,48-29-12-4-13-30-48)49-31-14-5-15-32-49/h1,3-7,10-23,26-39,41-42,44H,2,8-9,24-25,40H2. The van der Waals surface area contributed by atoms with Crippen molar-refractivity contribution in [2.75, 3.05) is 9.80 Å². The molecule has 0 spiro atoms. The van der Waals surface area contributed by atoms with Crippen molar-refractivity contribution in [3.05, 3.63) is 235 Å². The van der Waals surface area contributed by atoms with Crippen LogP contribution >= 0.6 is 11.8 Å². The number of para-hydroxylation sites is 4. The number of anilines is 6. The van der Waals surface area contributed by atoms with E-state index in [-0.39, 0.29) is 6.71 Å². The van der Waals surface area contributed by atoms with Crippen molar-refractivity contribution in [3.8, 4) is 0 Å². The molecule has 0 bridgehead atoms. The molecule has 2 nitrogen and oxygen atoms in total. The third kappa shape index (κ3) is 6.17. The largest absolute Gasteiger partial charge is 0.312 e. The van der Waals surface area contributed by atoms with Gasteiger partial charge in [0.15, 0.2) is 8.07 Å². The Labute approximate surface area is 394 Å². The summed E-state index contributed by atoms with van der Waals surface area (Å²) in [7, 11) is -2.86. The van der Waals surface area contributed by atoms with E-state index >= 15 is 0 Å². The van der Waals surface area contributed by atoms with Gasteiger partial charge in [-0.2, -0.15) is 0 Å². The van der Waals surface area contributed by atoms with Crippen molar-refractivity contribution >= 4 is 97.8 Å². The SMILES string of the molecule is c1ccc(Cc2ccccc2N2c3cc(C4CCCCC4)cc4c3B(c3cccc(Sc5ccccc5)c32)c2cccc3c2N4c2ccccc2[Si]3(c2ccccc2)c2ccccc2)cc1. The third-order valence-electron chi connectivity index (χ3n) is 15.0. The Morgan fingerprint density at radius 1 is 0.470 bits per heavy atom. The molecule has 9 aromatic rings. The Morgan fingerprint density at radius 3 is 1.71 bits per heavy atom. The van der Waals surface area contributed by atoms with Crippen LogP contribution in [0.25, 0.3) is 0 Å². The molecule has 0 aromatic heterocycles. The van der Waals surface area contributed by atoms with Crippen LogP contribution in [0.1, 0.15) is 54.7 Å². The van der Waals surface area contributed by atoms with Gasteiger partial charge in [-0.25, -0.2) is 0 Å². The summed E-state index contributed by atoms with van der Waals surface area (Å²) in [5, 5.41) is 5.76. The minimum atomic E-state index is -2.86. The molecule has 66 heavy (non-hydrogen) atoms. The first-order chi connectivity index (χ1) is 32.8. The van der Waals surface area contributed by atoms with Gasteiger partial charge in [-0.05, 0) is 121 Å². The molecule has 0 unspecified atom stereocenters. The van der Waals surface area contributed by atoms with Gasteiger partial charge in [0, 0.05) is 38.2 Å². The number of fused-ring (bicyclic) bond motifs is 6. The molecule has 13 rings (SSSR count). The Morgan fingerprint density at radius 2 is 1.02 bits per heavy atom. The number of benzene rings is 9. The maximum Gasteiger partial charge on any atom is 0.252 e. The lowest BCUT2D eigenvalue weighted by Gasteiger charge is -2.51. The lowest BCUT2D eigenvalue weighted by molar-refractivity contribution is 0.444. The zero-order valence-corrected chi connectivity index (χ0v) is 38.8. The first-order valence-corrected chi connectivity index (χ1v) is 26.7. The monoisotopic (exact) mass is 880 g/mol. The second-order valence-electron chi connectivity index (χ2n) is 18.6. The number of hydrogen-bond donors (Lipinski definition) is 0. The molecular formula is C61H49BN2SSi. The summed E-state index contributed by atoms with van der Waals surface area (Å²) in [6, 6.07) is 83.5. The first kappa shape index (κ1) is 39.6. The highest BCUT2D eigenvalue weighted by atomic mass is 32.2. The van der Waals surface area contributed by atoms with E-state index in [9.17, 15) is 0 Å². The number of hydrogen-bond acceptors (Lipinski definition) is 3. The van der Waals surface area contributed by atoms with Crippen LogP contribution in [0.3, 0.4) is 0 Å². The fraction of sp³-hybridized carbons (Fsp3) is 0.115. The molecule has 0 N–H and O–H groups in total. The van der Waals surface area contributed by atoms with Gasteiger partial charge in [0.05, 0.1) is 5.69 Å². The van der Waals surface area contributed by atoms with Crippen LogP contribution in [0.2, 0.25) is 0 Å². The summed E-state index contributed by atoms with van der Waals surface area (Å²) in [5.41, 5.74) is 16.2. The number of rotatable bonds is 8. The molecule has 5 heteroatoms. The molecule has 1 aliphatic carbocycles. The van der Waals surface area contributed by atoms with E-state index in [1.165, 1.54) is 130 Å². The van der Waals surface area contributed by atoms with Crippen LogP contribution in [0, 0.1) is 0 Å². The summed E-state index contributed by atoms with van der Waals surface area (Å²) in [6.07, 6.45) is 7.20. The molecule has 1 fully saturated rings.